The maximum absolute atomic E-state index is 11.7. The lowest BCUT2D eigenvalue weighted by Crippen LogP contribution is -2.23. The van der Waals surface area contributed by atoms with Crippen LogP contribution in [0.5, 0.6) is 5.75 Å². The predicted octanol–water partition coefficient (Wildman–Crippen LogP) is 3.00. The molecule has 0 bridgehead atoms. The normalized spacial score (nSPS) is 21.3. The molecule has 0 aliphatic carbocycles. The number of carboxylic acids is 1. The molecule has 0 amide bonds. The number of carbonyl (C=O) groups is 1. The molecule has 1 aliphatic heterocycles. The van der Waals surface area contributed by atoms with Gasteiger partial charge in [-0.25, -0.2) is 0 Å². The Kier molecular flexibility index (Phi) is 4.63. The van der Waals surface area contributed by atoms with Crippen LogP contribution in [-0.4, -0.2) is 36.2 Å². The Labute approximate surface area is 136 Å². The average molecular weight is 311 g/mol. The van der Waals surface area contributed by atoms with Gasteiger partial charge in [0.15, 0.2) is 0 Å². The molecule has 0 radical (unpaired) electrons. The van der Waals surface area contributed by atoms with E-state index < -0.39 is 5.97 Å². The molecular formula is C19H21NO3. The summed E-state index contributed by atoms with van der Waals surface area (Å²) in [5.74, 6) is -0.348. The lowest BCUT2D eigenvalue weighted by molar-refractivity contribution is -0.141. The lowest BCUT2D eigenvalue weighted by atomic mass is 9.89. The second-order valence-electron chi connectivity index (χ2n) is 6.01. The van der Waals surface area contributed by atoms with Gasteiger partial charge < -0.3 is 9.84 Å². The number of nitrogens with zero attached hydrogens (tertiary/aromatic N) is 1. The van der Waals surface area contributed by atoms with Gasteiger partial charge in [0, 0.05) is 25.6 Å². The molecular weight excluding hydrogens is 290 g/mol. The summed E-state index contributed by atoms with van der Waals surface area (Å²) in [6.45, 7) is 2.11. The van der Waals surface area contributed by atoms with Crippen LogP contribution in [0, 0.1) is 5.92 Å². The summed E-state index contributed by atoms with van der Waals surface area (Å²) in [6, 6.07) is 17.9. The van der Waals surface area contributed by atoms with Crippen molar-refractivity contribution < 1.29 is 14.6 Å². The number of benzene rings is 2. The molecule has 0 saturated carbocycles. The Hall–Kier alpha value is -2.33. The standard InChI is InChI=1S/C19H21NO3/c1-23-16-9-5-8-15(10-16)17-12-20(13-18(17)19(21)22)11-14-6-3-2-4-7-14/h2-10,17-18H,11-13H2,1H3,(H,21,22)/t17-,18-/m0/s1. The fraction of sp³-hybridized carbons (Fsp3) is 0.316. The number of likely N-dealkylation sites (tertiary alicyclic amines) is 1. The summed E-state index contributed by atoms with van der Waals surface area (Å²) < 4.78 is 5.27. The van der Waals surface area contributed by atoms with Crippen LogP contribution in [-0.2, 0) is 11.3 Å². The van der Waals surface area contributed by atoms with Crippen LogP contribution < -0.4 is 4.74 Å². The van der Waals surface area contributed by atoms with Gasteiger partial charge in [0.05, 0.1) is 13.0 Å². The van der Waals surface area contributed by atoms with E-state index in [2.05, 4.69) is 17.0 Å². The van der Waals surface area contributed by atoms with Gasteiger partial charge in [-0.3, -0.25) is 9.69 Å². The van der Waals surface area contributed by atoms with E-state index in [1.54, 1.807) is 7.11 Å². The molecule has 0 aromatic heterocycles. The number of hydrogen-bond donors (Lipinski definition) is 1. The Morgan fingerprint density at radius 3 is 2.65 bits per heavy atom. The second kappa shape index (κ2) is 6.84. The topological polar surface area (TPSA) is 49.8 Å². The molecule has 2 aromatic carbocycles. The molecule has 1 N–H and O–H groups in total. The van der Waals surface area contributed by atoms with E-state index in [0.29, 0.717) is 6.54 Å². The van der Waals surface area contributed by atoms with Gasteiger partial charge in [-0.1, -0.05) is 42.5 Å². The van der Waals surface area contributed by atoms with Crippen molar-refractivity contribution in [1.82, 2.24) is 4.90 Å². The monoisotopic (exact) mass is 311 g/mol. The maximum atomic E-state index is 11.7. The summed E-state index contributed by atoms with van der Waals surface area (Å²) in [5, 5.41) is 9.60. The first-order valence-electron chi connectivity index (χ1n) is 7.80. The number of carboxylic acid groups (broad SMARTS) is 1. The van der Waals surface area contributed by atoms with Gasteiger partial charge in [-0.15, -0.1) is 0 Å². The molecule has 1 fully saturated rings. The van der Waals surface area contributed by atoms with E-state index in [4.69, 9.17) is 4.74 Å². The van der Waals surface area contributed by atoms with E-state index in [1.165, 1.54) is 5.56 Å². The highest BCUT2D eigenvalue weighted by Gasteiger charge is 2.38. The van der Waals surface area contributed by atoms with Crippen molar-refractivity contribution in [3.8, 4) is 5.75 Å². The molecule has 2 atom stereocenters. The molecule has 4 heteroatoms. The molecule has 2 aromatic rings. The molecule has 1 heterocycles. The lowest BCUT2D eigenvalue weighted by Gasteiger charge is -2.17. The van der Waals surface area contributed by atoms with Crippen LogP contribution in [0.25, 0.3) is 0 Å². The highest BCUT2D eigenvalue weighted by atomic mass is 16.5. The minimum Gasteiger partial charge on any atom is -0.497 e. The molecule has 120 valence electrons. The van der Waals surface area contributed by atoms with E-state index in [1.807, 2.05) is 42.5 Å². The molecule has 1 saturated heterocycles. The van der Waals surface area contributed by atoms with E-state index in [0.717, 1.165) is 24.4 Å². The van der Waals surface area contributed by atoms with Crippen LogP contribution in [0.2, 0.25) is 0 Å². The molecule has 1 aliphatic rings. The van der Waals surface area contributed by atoms with Crippen molar-refractivity contribution >= 4 is 5.97 Å². The van der Waals surface area contributed by atoms with Gasteiger partial charge in [0.25, 0.3) is 0 Å². The minimum atomic E-state index is -0.728. The fourth-order valence-corrected chi connectivity index (χ4v) is 3.32. The average Bonchev–Trinajstić information content (AvgIpc) is 3.00. The number of methoxy groups -OCH3 is 1. The fourth-order valence-electron chi connectivity index (χ4n) is 3.32. The number of hydrogen-bond acceptors (Lipinski definition) is 3. The first-order chi connectivity index (χ1) is 11.2. The zero-order valence-electron chi connectivity index (χ0n) is 13.2. The summed E-state index contributed by atoms with van der Waals surface area (Å²) in [7, 11) is 1.63. The first-order valence-corrected chi connectivity index (χ1v) is 7.80. The van der Waals surface area contributed by atoms with E-state index in [-0.39, 0.29) is 11.8 Å². The van der Waals surface area contributed by atoms with Gasteiger partial charge in [0.2, 0.25) is 0 Å². The van der Waals surface area contributed by atoms with Crippen LogP contribution in [0.15, 0.2) is 54.6 Å². The van der Waals surface area contributed by atoms with Crippen LogP contribution in [0.3, 0.4) is 0 Å². The predicted molar refractivity (Wildman–Crippen MR) is 88.6 cm³/mol. The van der Waals surface area contributed by atoms with Gasteiger partial charge in [0.1, 0.15) is 5.75 Å². The summed E-state index contributed by atoms with van der Waals surface area (Å²) >= 11 is 0. The van der Waals surface area contributed by atoms with Crippen molar-refractivity contribution in [1.29, 1.82) is 0 Å². The van der Waals surface area contributed by atoms with Crippen LogP contribution in [0.1, 0.15) is 17.0 Å². The van der Waals surface area contributed by atoms with E-state index >= 15 is 0 Å². The first kappa shape index (κ1) is 15.6. The van der Waals surface area contributed by atoms with Crippen molar-refractivity contribution in [2.45, 2.75) is 12.5 Å². The largest absolute Gasteiger partial charge is 0.497 e. The minimum absolute atomic E-state index is 0.00804. The van der Waals surface area contributed by atoms with Crippen molar-refractivity contribution in [2.24, 2.45) is 5.92 Å². The Bertz CT molecular complexity index is 671. The number of aliphatic carboxylic acids is 1. The summed E-state index contributed by atoms with van der Waals surface area (Å²) in [5.41, 5.74) is 2.25. The number of rotatable bonds is 5. The van der Waals surface area contributed by atoms with Crippen molar-refractivity contribution in [3.63, 3.8) is 0 Å². The molecule has 4 nitrogen and oxygen atoms in total. The smallest absolute Gasteiger partial charge is 0.308 e. The Morgan fingerprint density at radius 2 is 1.96 bits per heavy atom. The van der Waals surface area contributed by atoms with Gasteiger partial charge >= 0.3 is 5.97 Å². The van der Waals surface area contributed by atoms with Gasteiger partial charge in [-0.2, -0.15) is 0 Å². The van der Waals surface area contributed by atoms with Crippen LogP contribution >= 0.6 is 0 Å². The molecule has 0 spiro atoms. The SMILES string of the molecule is COc1cccc([C@@H]2CN(Cc3ccccc3)C[C@@H]2C(=O)O)c1. The van der Waals surface area contributed by atoms with E-state index in [9.17, 15) is 9.90 Å². The molecule has 23 heavy (non-hydrogen) atoms. The highest BCUT2D eigenvalue weighted by molar-refractivity contribution is 5.72. The van der Waals surface area contributed by atoms with Crippen molar-refractivity contribution in [2.75, 3.05) is 20.2 Å². The van der Waals surface area contributed by atoms with Crippen molar-refractivity contribution in [3.05, 3.63) is 65.7 Å². The van der Waals surface area contributed by atoms with Crippen LogP contribution in [0.4, 0.5) is 0 Å². The summed E-state index contributed by atoms with van der Waals surface area (Å²) in [4.78, 5) is 13.9. The molecule has 3 rings (SSSR count). The highest BCUT2D eigenvalue weighted by Crippen LogP contribution is 2.35. The third-order valence-electron chi connectivity index (χ3n) is 4.48. The Balaban J connectivity index is 1.79. The van der Waals surface area contributed by atoms with Gasteiger partial charge in [-0.05, 0) is 23.3 Å². The zero-order chi connectivity index (χ0) is 16.2. The Morgan fingerprint density at radius 1 is 1.17 bits per heavy atom. The second-order valence-corrected chi connectivity index (χ2v) is 6.01. The zero-order valence-corrected chi connectivity index (χ0v) is 13.2. The molecule has 0 unspecified atom stereocenters. The summed E-state index contributed by atoms with van der Waals surface area (Å²) in [6.07, 6.45) is 0. The number of ether oxygens (including phenoxy) is 1. The maximum Gasteiger partial charge on any atom is 0.308 e. The quantitative estimate of drug-likeness (QED) is 0.922. The third-order valence-corrected chi connectivity index (χ3v) is 4.48. The third kappa shape index (κ3) is 3.54.